The summed E-state index contributed by atoms with van der Waals surface area (Å²) in [6.45, 7) is 2.14. The molecule has 0 bridgehead atoms. The smallest absolute Gasteiger partial charge is 0.416 e. The van der Waals surface area contributed by atoms with E-state index in [1.54, 1.807) is 0 Å². The highest BCUT2D eigenvalue weighted by Gasteiger charge is 2.30. The first-order valence-corrected chi connectivity index (χ1v) is 9.31. The maximum Gasteiger partial charge on any atom is 0.416 e. The van der Waals surface area contributed by atoms with Crippen LogP contribution in [-0.4, -0.2) is 25.0 Å². The molecule has 0 heterocycles. The summed E-state index contributed by atoms with van der Waals surface area (Å²) in [5.74, 6) is -0.930. The number of carbonyl (C=O) groups is 2. The minimum atomic E-state index is -4.41. The van der Waals surface area contributed by atoms with Crippen molar-refractivity contribution in [2.45, 2.75) is 70.5 Å². The molecule has 0 aliphatic carbocycles. The normalized spacial score (nSPS) is 12.5. The molecule has 1 N–H and O–H groups in total. The van der Waals surface area contributed by atoms with E-state index in [1.165, 1.54) is 25.7 Å². The second-order valence-electron chi connectivity index (χ2n) is 6.57. The van der Waals surface area contributed by atoms with E-state index in [9.17, 15) is 22.8 Å². The Morgan fingerprint density at radius 3 is 2.19 bits per heavy atom. The Labute approximate surface area is 158 Å². The third-order valence-electron chi connectivity index (χ3n) is 4.31. The average molecular weight is 387 g/mol. The first kappa shape index (κ1) is 23.0. The summed E-state index contributed by atoms with van der Waals surface area (Å²) in [7, 11) is 1.26. The molecule has 1 aromatic carbocycles. The molecule has 0 aliphatic heterocycles. The number of alkyl halides is 3. The van der Waals surface area contributed by atoms with Crippen molar-refractivity contribution in [3.8, 4) is 0 Å². The Balaban J connectivity index is 2.52. The van der Waals surface area contributed by atoms with Crippen molar-refractivity contribution >= 4 is 11.9 Å². The number of hydrogen-bond donors (Lipinski definition) is 1. The monoisotopic (exact) mass is 387 g/mol. The Hall–Kier alpha value is -2.05. The van der Waals surface area contributed by atoms with Gasteiger partial charge in [-0.3, -0.25) is 4.79 Å². The molecule has 0 radical (unpaired) electrons. The lowest BCUT2D eigenvalue weighted by Gasteiger charge is -2.16. The summed E-state index contributed by atoms with van der Waals surface area (Å²) < 4.78 is 42.4. The quantitative estimate of drug-likeness (QED) is 0.444. The molecule has 0 aliphatic rings. The molecule has 4 nitrogen and oxygen atoms in total. The van der Waals surface area contributed by atoms with E-state index in [0.29, 0.717) is 12.0 Å². The topological polar surface area (TPSA) is 55.4 Å². The first-order valence-electron chi connectivity index (χ1n) is 9.31. The van der Waals surface area contributed by atoms with Crippen LogP contribution in [-0.2, 0) is 26.9 Å². The molecule has 0 unspecified atom stereocenters. The SMILES string of the molecule is CCCCCCCC[C@H](NC(=O)Cc1ccc(C(F)(F)F)cc1)C(=O)OC. The van der Waals surface area contributed by atoms with Crippen LogP contribution in [0.15, 0.2) is 24.3 Å². The summed E-state index contributed by atoms with van der Waals surface area (Å²) in [5, 5.41) is 2.63. The molecule has 0 aromatic heterocycles. The number of ether oxygens (including phenoxy) is 1. The summed E-state index contributed by atoms with van der Waals surface area (Å²) in [4.78, 5) is 24.0. The van der Waals surface area contributed by atoms with Crippen LogP contribution < -0.4 is 5.32 Å². The fraction of sp³-hybridized carbons (Fsp3) is 0.600. The number of methoxy groups -OCH3 is 1. The number of nitrogens with one attached hydrogen (secondary N) is 1. The molecular weight excluding hydrogens is 359 g/mol. The lowest BCUT2D eigenvalue weighted by Crippen LogP contribution is -2.42. The van der Waals surface area contributed by atoms with Gasteiger partial charge in [-0.2, -0.15) is 13.2 Å². The maximum absolute atomic E-state index is 12.6. The van der Waals surface area contributed by atoms with E-state index < -0.39 is 29.7 Å². The Bertz CT molecular complexity index is 585. The molecule has 7 heteroatoms. The average Bonchev–Trinajstić information content (AvgIpc) is 2.62. The van der Waals surface area contributed by atoms with E-state index in [4.69, 9.17) is 4.74 Å². The molecule has 1 rings (SSSR count). The zero-order valence-electron chi connectivity index (χ0n) is 15.9. The minimum Gasteiger partial charge on any atom is -0.467 e. The van der Waals surface area contributed by atoms with Crippen molar-refractivity contribution in [1.82, 2.24) is 5.32 Å². The predicted octanol–water partition coefficient (Wildman–Crippen LogP) is 4.66. The zero-order chi connectivity index (χ0) is 20.3. The highest BCUT2D eigenvalue weighted by atomic mass is 19.4. The van der Waals surface area contributed by atoms with Crippen LogP contribution in [0.3, 0.4) is 0 Å². The minimum absolute atomic E-state index is 0.0951. The molecule has 0 saturated heterocycles. The summed E-state index contributed by atoms with van der Waals surface area (Å²) in [5.41, 5.74) is -0.314. The van der Waals surface area contributed by atoms with Crippen molar-refractivity contribution < 1.29 is 27.5 Å². The molecule has 27 heavy (non-hydrogen) atoms. The molecule has 1 amide bonds. The van der Waals surface area contributed by atoms with Gasteiger partial charge in [-0.05, 0) is 24.1 Å². The van der Waals surface area contributed by atoms with E-state index in [1.807, 2.05) is 0 Å². The number of carbonyl (C=O) groups excluding carboxylic acids is 2. The van der Waals surface area contributed by atoms with Gasteiger partial charge < -0.3 is 10.1 Å². The van der Waals surface area contributed by atoms with Crippen molar-refractivity contribution in [3.05, 3.63) is 35.4 Å². The van der Waals surface area contributed by atoms with Gasteiger partial charge >= 0.3 is 12.1 Å². The zero-order valence-corrected chi connectivity index (χ0v) is 15.9. The fourth-order valence-corrected chi connectivity index (χ4v) is 2.76. The third kappa shape index (κ3) is 8.93. The van der Waals surface area contributed by atoms with Crippen LogP contribution in [0.1, 0.15) is 63.0 Å². The van der Waals surface area contributed by atoms with E-state index in [2.05, 4.69) is 12.2 Å². The molecule has 0 fully saturated rings. The van der Waals surface area contributed by atoms with Crippen LogP contribution in [0, 0.1) is 0 Å². The highest BCUT2D eigenvalue weighted by Crippen LogP contribution is 2.29. The van der Waals surface area contributed by atoms with Crippen LogP contribution in [0.5, 0.6) is 0 Å². The first-order chi connectivity index (χ1) is 12.8. The number of benzene rings is 1. The number of hydrogen-bond acceptors (Lipinski definition) is 3. The standard InChI is InChI=1S/C20H28F3NO3/c1-3-4-5-6-7-8-9-17(19(26)27-2)24-18(25)14-15-10-12-16(13-11-15)20(21,22)23/h10-13,17H,3-9,14H2,1-2H3,(H,24,25)/t17-/m0/s1. The summed E-state index contributed by atoms with van der Waals surface area (Å²) >= 11 is 0. The van der Waals surface area contributed by atoms with Gasteiger partial charge in [0, 0.05) is 0 Å². The molecular formula is C20H28F3NO3. The number of amides is 1. The number of esters is 1. The second-order valence-corrected chi connectivity index (χ2v) is 6.57. The Morgan fingerprint density at radius 2 is 1.63 bits per heavy atom. The number of halogens is 3. The van der Waals surface area contributed by atoms with Crippen molar-refractivity contribution in [2.24, 2.45) is 0 Å². The van der Waals surface area contributed by atoms with Gasteiger partial charge in [0.1, 0.15) is 6.04 Å². The van der Waals surface area contributed by atoms with Gasteiger partial charge in [-0.1, -0.05) is 57.6 Å². The van der Waals surface area contributed by atoms with Gasteiger partial charge in [0.25, 0.3) is 0 Å². The van der Waals surface area contributed by atoms with Crippen LogP contribution in [0.2, 0.25) is 0 Å². The molecule has 152 valence electrons. The third-order valence-corrected chi connectivity index (χ3v) is 4.31. The molecule has 1 aromatic rings. The molecule has 0 saturated carbocycles. The lowest BCUT2D eigenvalue weighted by molar-refractivity contribution is -0.145. The molecule has 0 spiro atoms. The lowest BCUT2D eigenvalue weighted by atomic mass is 10.0. The Kier molecular flexibility index (Phi) is 9.89. The number of rotatable bonds is 11. The van der Waals surface area contributed by atoms with Crippen LogP contribution in [0.25, 0.3) is 0 Å². The van der Waals surface area contributed by atoms with Crippen molar-refractivity contribution in [3.63, 3.8) is 0 Å². The van der Waals surface area contributed by atoms with Crippen molar-refractivity contribution in [1.29, 1.82) is 0 Å². The highest BCUT2D eigenvalue weighted by molar-refractivity contribution is 5.85. The van der Waals surface area contributed by atoms with Gasteiger partial charge in [0.15, 0.2) is 0 Å². The van der Waals surface area contributed by atoms with Gasteiger partial charge in [-0.25, -0.2) is 4.79 Å². The van der Waals surface area contributed by atoms with Gasteiger partial charge in [-0.15, -0.1) is 0 Å². The Morgan fingerprint density at radius 1 is 1.04 bits per heavy atom. The van der Waals surface area contributed by atoms with Crippen LogP contribution >= 0.6 is 0 Å². The van der Waals surface area contributed by atoms with Crippen molar-refractivity contribution in [2.75, 3.05) is 7.11 Å². The maximum atomic E-state index is 12.6. The van der Waals surface area contributed by atoms with E-state index in [0.717, 1.165) is 44.2 Å². The van der Waals surface area contributed by atoms with E-state index >= 15 is 0 Å². The van der Waals surface area contributed by atoms with Crippen LogP contribution in [0.4, 0.5) is 13.2 Å². The predicted molar refractivity (Wildman–Crippen MR) is 97.1 cm³/mol. The molecule has 1 atom stereocenters. The largest absolute Gasteiger partial charge is 0.467 e. The van der Waals surface area contributed by atoms with Gasteiger partial charge in [0.05, 0.1) is 19.1 Å². The summed E-state index contributed by atoms with van der Waals surface area (Å²) in [6, 6.07) is 3.68. The van der Waals surface area contributed by atoms with E-state index in [-0.39, 0.29) is 6.42 Å². The second kappa shape index (κ2) is 11.6. The fourth-order valence-electron chi connectivity index (χ4n) is 2.76. The number of unbranched alkanes of at least 4 members (excludes halogenated alkanes) is 5. The van der Waals surface area contributed by atoms with Gasteiger partial charge in [0.2, 0.25) is 5.91 Å². The summed E-state index contributed by atoms with van der Waals surface area (Å²) in [6.07, 6.45) is 2.33.